The minimum Gasteiger partial charge on any atom is -0.494 e. The molecular formula is C18H30N4O. The number of likely N-dealkylation sites (tertiary alicyclic amines) is 1. The fourth-order valence-electron chi connectivity index (χ4n) is 2.73. The number of benzene rings is 1. The van der Waals surface area contributed by atoms with Gasteiger partial charge < -0.3 is 20.3 Å². The number of nitrogens with zero attached hydrogens (tertiary/aromatic N) is 2. The molecule has 0 amide bonds. The van der Waals surface area contributed by atoms with Crippen molar-refractivity contribution in [2.24, 2.45) is 4.99 Å². The van der Waals surface area contributed by atoms with E-state index in [0.29, 0.717) is 12.6 Å². The number of hydrogen-bond donors (Lipinski definition) is 2. The van der Waals surface area contributed by atoms with Crippen LogP contribution in [0, 0.1) is 0 Å². The molecule has 128 valence electrons. The zero-order valence-electron chi connectivity index (χ0n) is 14.4. The lowest BCUT2D eigenvalue weighted by Crippen LogP contribution is -2.39. The van der Waals surface area contributed by atoms with Gasteiger partial charge >= 0.3 is 0 Å². The first-order valence-corrected chi connectivity index (χ1v) is 8.70. The average molecular weight is 318 g/mol. The first-order valence-electron chi connectivity index (χ1n) is 8.70. The van der Waals surface area contributed by atoms with Gasteiger partial charge in [0.15, 0.2) is 5.96 Å². The molecule has 0 saturated carbocycles. The van der Waals surface area contributed by atoms with Crippen LogP contribution in [0.2, 0.25) is 0 Å². The highest BCUT2D eigenvalue weighted by molar-refractivity contribution is 5.79. The molecule has 1 saturated heterocycles. The lowest BCUT2D eigenvalue weighted by molar-refractivity contribution is 0.310. The van der Waals surface area contributed by atoms with E-state index >= 15 is 0 Å². The second-order valence-corrected chi connectivity index (χ2v) is 5.94. The van der Waals surface area contributed by atoms with Crippen molar-refractivity contribution in [3.63, 3.8) is 0 Å². The molecule has 0 bridgehead atoms. The summed E-state index contributed by atoms with van der Waals surface area (Å²) in [6, 6.07) is 10.5. The van der Waals surface area contributed by atoms with Gasteiger partial charge in [-0.25, -0.2) is 0 Å². The fourth-order valence-corrected chi connectivity index (χ4v) is 2.73. The molecule has 5 nitrogen and oxygen atoms in total. The molecule has 0 spiro atoms. The number of hydrogen-bond acceptors (Lipinski definition) is 3. The van der Waals surface area contributed by atoms with E-state index in [0.717, 1.165) is 37.8 Å². The van der Waals surface area contributed by atoms with Crippen LogP contribution >= 0.6 is 0 Å². The molecule has 0 aliphatic carbocycles. The molecule has 2 N–H and O–H groups in total. The smallest absolute Gasteiger partial charge is 0.191 e. The van der Waals surface area contributed by atoms with Crippen molar-refractivity contribution < 1.29 is 4.74 Å². The Morgan fingerprint density at radius 3 is 2.83 bits per heavy atom. The minimum atomic E-state index is 0.590. The van der Waals surface area contributed by atoms with Crippen molar-refractivity contribution >= 4 is 5.96 Å². The third-order valence-electron chi connectivity index (χ3n) is 4.10. The molecule has 0 radical (unpaired) electrons. The molecule has 1 aliphatic rings. The van der Waals surface area contributed by atoms with E-state index in [4.69, 9.17) is 9.73 Å². The predicted molar refractivity (Wildman–Crippen MR) is 96.2 cm³/mol. The first-order chi connectivity index (χ1) is 11.3. The van der Waals surface area contributed by atoms with Gasteiger partial charge in [-0.05, 0) is 51.9 Å². The van der Waals surface area contributed by atoms with Crippen molar-refractivity contribution in [3.8, 4) is 5.75 Å². The Hall–Kier alpha value is -1.75. The highest BCUT2D eigenvalue weighted by Gasteiger charge is 2.20. The lowest BCUT2D eigenvalue weighted by atomic mass is 10.2. The van der Waals surface area contributed by atoms with Crippen LogP contribution in [0.1, 0.15) is 26.2 Å². The molecule has 0 aromatic heterocycles. The highest BCUT2D eigenvalue weighted by atomic mass is 16.5. The Labute approximate surface area is 140 Å². The summed E-state index contributed by atoms with van der Waals surface area (Å²) in [5, 5.41) is 6.70. The van der Waals surface area contributed by atoms with Crippen LogP contribution in [0.15, 0.2) is 35.3 Å². The molecule has 5 heteroatoms. The molecule has 1 fully saturated rings. The van der Waals surface area contributed by atoms with E-state index in [1.165, 1.54) is 19.4 Å². The summed E-state index contributed by atoms with van der Waals surface area (Å²) in [5.74, 6) is 1.84. The molecule has 1 unspecified atom stereocenters. The quantitative estimate of drug-likeness (QED) is 0.438. The second-order valence-electron chi connectivity index (χ2n) is 5.94. The summed E-state index contributed by atoms with van der Waals surface area (Å²) in [6.45, 7) is 6.61. The average Bonchev–Trinajstić information content (AvgIpc) is 2.98. The van der Waals surface area contributed by atoms with Crippen LogP contribution < -0.4 is 15.4 Å². The van der Waals surface area contributed by atoms with Crippen LogP contribution in [-0.2, 0) is 0 Å². The molecule has 1 aliphatic heterocycles. The number of aliphatic imine (C=N–C) groups is 1. The zero-order chi connectivity index (χ0) is 16.3. The molecule has 1 aromatic rings. The molecular weight excluding hydrogens is 288 g/mol. The SMILES string of the molecule is CCNC(=NCC1CCCN1C)NCCCOc1ccccc1. The molecule has 2 rings (SSSR count). The molecule has 1 heterocycles. The van der Waals surface area contributed by atoms with Crippen LogP contribution in [-0.4, -0.2) is 56.7 Å². The largest absolute Gasteiger partial charge is 0.494 e. The third kappa shape index (κ3) is 6.48. The number of rotatable bonds is 8. The fraction of sp³-hybridized carbons (Fsp3) is 0.611. The summed E-state index contributed by atoms with van der Waals surface area (Å²) >= 11 is 0. The monoisotopic (exact) mass is 318 g/mol. The Morgan fingerprint density at radius 1 is 1.30 bits per heavy atom. The number of likely N-dealkylation sites (N-methyl/N-ethyl adjacent to an activating group) is 1. The van der Waals surface area contributed by atoms with Gasteiger partial charge in [0.1, 0.15) is 5.75 Å². The van der Waals surface area contributed by atoms with Gasteiger partial charge in [0, 0.05) is 19.1 Å². The lowest BCUT2D eigenvalue weighted by Gasteiger charge is -2.18. The molecule has 1 aromatic carbocycles. The van der Waals surface area contributed by atoms with Crippen molar-refractivity contribution in [2.45, 2.75) is 32.2 Å². The summed E-state index contributed by atoms with van der Waals surface area (Å²) in [4.78, 5) is 7.12. The number of nitrogens with one attached hydrogen (secondary N) is 2. The maximum atomic E-state index is 5.70. The molecule has 23 heavy (non-hydrogen) atoms. The van der Waals surface area contributed by atoms with Crippen LogP contribution in [0.5, 0.6) is 5.75 Å². The van der Waals surface area contributed by atoms with Crippen LogP contribution in [0.25, 0.3) is 0 Å². The van der Waals surface area contributed by atoms with Gasteiger partial charge in [-0.1, -0.05) is 18.2 Å². The predicted octanol–water partition coefficient (Wildman–Crippen LogP) is 2.10. The van der Waals surface area contributed by atoms with Gasteiger partial charge in [0.2, 0.25) is 0 Å². The Kier molecular flexibility index (Phi) is 7.73. The normalized spacial score (nSPS) is 18.9. The Bertz CT molecular complexity index is 463. The van der Waals surface area contributed by atoms with Crippen molar-refractivity contribution in [2.75, 3.05) is 39.8 Å². The van der Waals surface area contributed by atoms with E-state index in [2.05, 4.69) is 29.5 Å². The topological polar surface area (TPSA) is 48.9 Å². The van der Waals surface area contributed by atoms with E-state index in [1.54, 1.807) is 0 Å². The zero-order valence-corrected chi connectivity index (χ0v) is 14.4. The van der Waals surface area contributed by atoms with Crippen LogP contribution in [0.3, 0.4) is 0 Å². The molecule has 1 atom stereocenters. The van der Waals surface area contributed by atoms with Gasteiger partial charge in [-0.3, -0.25) is 4.99 Å². The Balaban J connectivity index is 1.65. The standard InChI is InChI=1S/C18H30N4O/c1-3-19-18(21-15-16-9-7-13-22(16)2)20-12-8-14-23-17-10-5-4-6-11-17/h4-6,10-11,16H,3,7-9,12-15H2,1-2H3,(H2,19,20,21). The second kappa shape index (κ2) is 10.1. The Morgan fingerprint density at radius 2 is 2.13 bits per heavy atom. The summed E-state index contributed by atoms with van der Waals surface area (Å²) in [6.07, 6.45) is 3.49. The first kappa shape index (κ1) is 17.6. The van der Waals surface area contributed by atoms with Crippen LogP contribution in [0.4, 0.5) is 0 Å². The maximum Gasteiger partial charge on any atom is 0.191 e. The summed E-state index contributed by atoms with van der Waals surface area (Å²) < 4.78 is 5.70. The van der Waals surface area contributed by atoms with Crippen molar-refractivity contribution in [1.29, 1.82) is 0 Å². The van der Waals surface area contributed by atoms with E-state index in [9.17, 15) is 0 Å². The summed E-state index contributed by atoms with van der Waals surface area (Å²) in [5.41, 5.74) is 0. The van der Waals surface area contributed by atoms with Crippen molar-refractivity contribution in [3.05, 3.63) is 30.3 Å². The van der Waals surface area contributed by atoms with Gasteiger partial charge in [0.25, 0.3) is 0 Å². The maximum absolute atomic E-state index is 5.70. The van der Waals surface area contributed by atoms with E-state index < -0.39 is 0 Å². The van der Waals surface area contributed by atoms with Gasteiger partial charge in [-0.2, -0.15) is 0 Å². The minimum absolute atomic E-state index is 0.590. The highest BCUT2D eigenvalue weighted by Crippen LogP contribution is 2.14. The number of ether oxygens (including phenoxy) is 1. The van der Waals surface area contributed by atoms with Gasteiger partial charge in [0.05, 0.1) is 13.2 Å². The van der Waals surface area contributed by atoms with E-state index in [1.807, 2.05) is 30.3 Å². The number of guanidine groups is 1. The van der Waals surface area contributed by atoms with Gasteiger partial charge in [-0.15, -0.1) is 0 Å². The van der Waals surface area contributed by atoms with Crippen molar-refractivity contribution in [1.82, 2.24) is 15.5 Å². The summed E-state index contributed by atoms with van der Waals surface area (Å²) in [7, 11) is 2.19. The number of para-hydroxylation sites is 1. The third-order valence-corrected chi connectivity index (χ3v) is 4.10. The van der Waals surface area contributed by atoms with E-state index in [-0.39, 0.29) is 0 Å².